The van der Waals surface area contributed by atoms with Crippen LogP contribution in [-0.2, 0) is 14.3 Å². The predicted molar refractivity (Wildman–Crippen MR) is 45.8 cm³/mol. The standard InChI is InChI=1S/C8H14N2O3/c1-6(2-3-9)10-7(11)4-13-5-8(10)12/h6H,2-5,9H2,1H3. The Morgan fingerprint density at radius 2 is 2.00 bits per heavy atom. The van der Waals surface area contributed by atoms with Gasteiger partial charge in [0, 0.05) is 6.04 Å². The van der Waals surface area contributed by atoms with E-state index in [1.807, 2.05) is 6.92 Å². The molecule has 1 aliphatic rings. The van der Waals surface area contributed by atoms with Gasteiger partial charge in [0.2, 0.25) is 0 Å². The fraction of sp³-hybridized carbons (Fsp3) is 0.750. The molecule has 5 nitrogen and oxygen atoms in total. The molecule has 0 aromatic carbocycles. The SMILES string of the molecule is CC(CCN)N1C(=O)COCC1=O. The van der Waals surface area contributed by atoms with Gasteiger partial charge in [0.25, 0.3) is 11.8 Å². The summed E-state index contributed by atoms with van der Waals surface area (Å²) in [5, 5.41) is 0. The number of carbonyl (C=O) groups is 2. The fourth-order valence-electron chi connectivity index (χ4n) is 1.37. The largest absolute Gasteiger partial charge is 0.362 e. The van der Waals surface area contributed by atoms with Crippen molar-refractivity contribution in [2.75, 3.05) is 19.8 Å². The van der Waals surface area contributed by atoms with Gasteiger partial charge in [-0.15, -0.1) is 0 Å². The number of nitrogens with two attached hydrogens (primary N) is 1. The molecule has 1 rings (SSSR count). The summed E-state index contributed by atoms with van der Waals surface area (Å²) in [4.78, 5) is 23.8. The van der Waals surface area contributed by atoms with Crippen molar-refractivity contribution >= 4 is 11.8 Å². The van der Waals surface area contributed by atoms with Gasteiger partial charge < -0.3 is 10.5 Å². The van der Waals surface area contributed by atoms with Crippen LogP contribution in [0.5, 0.6) is 0 Å². The zero-order valence-electron chi connectivity index (χ0n) is 7.66. The second kappa shape index (κ2) is 4.34. The first-order valence-electron chi connectivity index (χ1n) is 4.29. The van der Waals surface area contributed by atoms with Gasteiger partial charge in [0.1, 0.15) is 13.2 Å². The van der Waals surface area contributed by atoms with Gasteiger partial charge >= 0.3 is 0 Å². The minimum atomic E-state index is -0.266. The Morgan fingerprint density at radius 1 is 1.46 bits per heavy atom. The van der Waals surface area contributed by atoms with E-state index in [1.54, 1.807) is 0 Å². The Hall–Kier alpha value is -0.940. The van der Waals surface area contributed by atoms with Gasteiger partial charge in [0.05, 0.1) is 0 Å². The van der Waals surface area contributed by atoms with E-state index in [0.717, 1.165) is 0 Å². The molecule has 0 saturated carbocycles. The Labute approximate surface area is 76.8 Å². The van der Waals surface area contributed by atoms with Crippen molar-refractivity contribution in [3.05, 3.63) is 0 Å². The van der Waals surface area contributed by atoms with Gasteiger partial charge in [-0.05, 0) is 19.9 Å². The number of carbonyl (C=O) groups excluding carboxylic acids is 2. The first-order valence-corrected chi connectivity index (χ1v) is 4.29. The normalized spacial score (nSPS) is 20.6. The third-order valence-electron chi connectivity index (χ3n) is 2.01. The smallest absolute Gasteiger partial charge is 0.255 e. The highest BCUT2D eigenvalue weighted by Gasteiger charge is 2.30. The van der Waals surface area contributed by atoms with Gasteiger partial charge in [-0.2, -0.15) is 0 Å². The third-order valence-corrected chi connectivity index (χ3v) is 2.01. The van der Waals surface area contributed by atoms with Gasteiger partial charge in [-0.25, -0.2) is 0 Å². The molecule has 1 saturated heterocycles. The highest BCUT2D eigenvalue weighted by atomic mass is 16.5. The summed E-state index contributed by atoms with van der Waals surface area (Å²) >= 11 is 0. The average molecular weight is 186 g/mol. The summed E-state index contributed by atoms with van der Waals surface area (Å²) in [5.74, 6) is -0.533. The Balaban J connectivity index is 2.62. The molecular weight excluding hydrogens is 172 g/mol. The molecule has 2 N–H and O–H groups in total. The van der Waals surface area contributed by atoms with E-state index in [-0.39, 0.29) is 31.1 Å². The van der Waals surface area contributed by atoms with Crippen LogP contribution in [0, 0.1) is 0 Å². The van der Waals surface area contributed by atoms with E-state index in [9.17, 15) is 9.59 Å². The number of nitrogens with zero attached hydrogens (tertiary/aromatic N) is 1. The Kier molecular flexibility index (Phi) is 3.39. The zero-order chi connectivity index (χ0) is 9.84. The van der Waals surface area contributed by atoms with Crippen LogP contribution < -0.4 is 5.73 Å². The number of hydrogen-bond acceptors (Lipinski definition) is 4. The molecule has 5 heteroatoms. The lowest BCUT2D eigenvalue weighted by molar-refractivity contribution is -0.161. The summed E-state index contributed by atoms with van der Waals surface area (Å²) in [5.41, 5.74) is 5.35. The molecule has 0 bridgehead atoms. The van der Waals surface area contributed by atoms with Gasteiger partial charge in [-0.3, -0.25) is 14.5 Å². The van der Waals surface area contributed by atoms with Crippen LogP contribution in [0.25, 0.3) is 0 Å². The average Bonchev–Trinajstić information content (AvgIpc) is 2.04. The molecule has 74 valence electrons. The van der Waals surface area contributed by atoms with E-state index >= 15 is 0 Å². The molecule has 0 aromatic rings. The number of hydrogen-bond donors (Lipinski definition) is 1. The summed E-state index contributed by atoms with van der Waals surface area (Å²) in [6, 6.07) is -0.117. The van der Waals surface area contributed by atoms with Crippen molar-refractivity contribution in [3.8, 4) is 0 Å². The van der Waals surface area contributed by atoms with E-state index in [1.165, 1.54) is 4.90 Å². The van der Waals surface area contributed by atoms with E-state index < -0.39 is 0 Å². The van der Waals surface area contributed by atoms with Crippen LogP contribution in [0.2, 0.25) is 0 Å². The maximum atomic E-state index is 11.3. The summed E-state index contributed by atoms with van der Waals surface area (Å²) in [6.07, 6.45) is 0.636. The molecule has 0 aromatic heterocycles. The number of rotatable bonds is 3. The van der Waals surface area contributed by atoms with Crippen LogP contribution in [0.4, 0.5) is 0 Å². The summed E-state index contributed by atoms with van der Waals surface area (Å²) in [6.45, 7) is 2.29. The number of morpholine rings is 1. The molecule has 0 radical (unpaired) electrons. The van der Waals surface area contributed by atoms with Crippen molar-refractivity contribution in [1.29, 1.82) is 0 Å². The zero-order valence-corrected chi connectivity index (χ0v) is 7.66. The van der Waals surface area contributed by atoms with Gasteiger partial charge in [0.15, 0.2) is 0 Å². The quantitative estimate of drug-likeness (QED) is 0.580. The van der Waals surface area contributed by atoms with E-state index in [0.29, 0.717) is 13.0 Å². The minimum Gasteiger partial charge on any atom is -0.362 e. The van der Waals surface area contributed by atoms with E-state index in [4.69, 9.17) is 10.5 Å². The van der Waals surface area contributed by atoms with E-state index in [2.05, 4.69) is 0 Å². The predicted octanol–water partition coefficient (Wildman–Crippen LogP) is -0.891. The lowest BCUT2D eigenvalue weighted by atomic mass is 10.2. The maximum Gasteiger partial charge on any atom is 0.255 e. The molecule has 1 atom stereocenters. The summed E-state index contributed by atoms with van der Waals surface area (Å²) < 4.78 is 4.78. The number of ether oxygens (including phenoxy) is 1. The molecular formula is C8H14N2O3. The topological polar surface area (TPSA) is 72.6 Å². The maximum absolute atomic E-state index is 11.3. The monoisotopic (exact) mass is 186 g/mol. The second-order valence-corrected chi connectivity index (χ2v) is 3.08. The minimum absolute atomic E-state index is 0.000646. The molecule has 2 amide bonds. The van der Waals surface area contributed by atoms with Crippen LogP contribution in [-0.4, -0.2) is 42.5 Å². The Bertz CT molecular complexity index is 201. The van der Waals surface area contributed by atoms with Crippen molar-refractivity contribution in [2.45, 2.75) is 19.4 Å². The number of imide groups is 1. The lowest BCUT2D eigenvalue weighted by Crippen LogP contribution is -2.51. The molecule has 0 spiro atoms. The first kappa shape index (κ1) is 10.1. The molecule has 1 fully saturated rings. The van der Waals surface area contributed by atoms with Crippen molar-refractivity contribution in [1.82, 2.24) is 4.90 Å². The van der Waals surface area contributed by atoms with Crippen LogP contribution >= 0.6 is 0 Å². The fourth-order valence-corrected chi connectivity index (χ4v) is 1.37. The molecule has 1 heterocycles. The summed E-state index contributed by atoms with van der Waals surface area (Å²) in [7, 11) is 0. The molecule has 1 unspecified atom stereocenters. The lowest BCUT2D eigenvalue weighted by Gasteiger charge is -2.30. The Morgan fingerprint density at radius 3 is 2.46 bits per heavy atom. The highest BCUT2D eigenvalue weighted by Crippen LogP contribution is 2.08. The van der Waals surface area contributed by atoms with Gasteiger partial charge in [-0.1, -0.05) is 0 Å². The first-order chi connectivity index (χ1) is 6.16. The molecule has 0 aliphatic carbocycles. The van der Waals surface area contributed by atoms with Crippen molar-refractivity contribution < 1.29 is 14.3 Å². The van der Waals surface area contributed by atoms with Crippen LogP contribution in [0.3, 0.4) is 0 Å². The van der Waals surface area contributed by atoms with Crippen LogP contribution in [0.15, 0.2) is 0 Å². The molecule has 13 heavy (non-hydrogen) atoms. The third kappa shape index (κ3) is 2.26. The van der Waals surface area contributed by atoms with Crippen molar-refractivity contribution in [2.24, 2.45) is 5.73 Å². The number of amides is 2. The highest BCUT2D eigenvalue weighted by molar-refractivity contribution is 5.98. The van der Waals surface area contributed by atoms with Crippen LogP contribution in [0.1, 0.15) is 13.3 Å². The molecule has 1 aliphatic heterocycles. The van der Waals surface area contributed by atoms with Crippen molar-refractivity contribution in [3.63, 3.8) is 0 Å². The second-order valence-electron chi connectivity index (χ2n) is 3.08.